The minimum absolute atomic E-state index is 0.0931. The second kappa shape index (κ2) is 10.9. The number of nitrogen functional groups attached to an aromatic ring is 1. The Morgan fingerprint density at radius 2 is 2.15 bits per heavy atom. The average molecular weight is 501 g/mol. The van der Waals surface area contributed by atoms with Gasteiger partial charge >= 0.3 is 10.3 Å². The topological polar surface area (TPSA) is 262 Å². The number of amides is 1. The third-order valence-corrected chi connectivity index (χ3v) is 6.04. The van der Waals surface area contributed by atoms with Gasteiger partial charge in [-0.3, -0.25) is 14.0 Å². The first kappa shape index (κ1) is 25.5. The molecule has 17 heteroatoms. The number of nitrogens with zero attached hydrogens (tertiary/aromatic N) is 5. The number of nitrogens with two attached hydrogens (primary N) is 4. The molecule has 10 N–H and O–H groups in total. The number of aromatic nitrogens is 4. The Hall–Kier alpha value is -3.12. The van der Waals surface area contributed by atoms with Crippen LogP contribution in [0.4, 0.5) is 5.82 Å². The van der Waals surface area contributed by atoms with Gasteiger partial charge in [-0.15, -0.1) is 0 Å². The number of hydrogen-bond acceptors (Lipinski definition) is 12. The standard InChI is InChI=1S/C17H28N10O6S/c18-10(2-1-3-22-17(20)21)16(29)26-34(30,31)33-6-12-11(28)4-9(5-32-12)27-8-25-13-14(19)23-7-24-15(13)27/h7-12,28H,1-6,18H2,(H,26,29)(H2,19,23,24)(H4,20,21,22)/t9-,10-,11-,12+/m0/s1. The predicted molar refractivity (Wildman–Crippen MR) is 120 cm³/mol. The van der Waals surface area contributed by atoms with Crippen LogP contribution >= 0.6 is 0 Å². The van der Waals surface area contributed by atoms with Crippen molar-refractivity contribution in [1.29, 1.82) is 0 Å². The zero-order chi connectivity index (χ0) is 24.9. The van der Waals surface area contributed by atoms with Gasteiger partial charge < -0.3 is 37.3 Å². The average Bonchev–Trinajstić information content (AvgIpc) is 3.21. The summed E-state index contributed by atoms with van der Waals surface area (Å²) in [6.45, 7) is -0.122. The van der Waals surface area contributed by atoms with Crippen molar-refractivity contribution in [3.05, 3.63) is 12.7 Å². The summed E-state index contributed by atoms with van der Waals surface area (Å²) in [5.41, 5.74) is 22.8. The molecule has 1 fully saturated rings. The lowest BCUT2D eigenvalue weighted by Crippen LogP contribution is -2.46. The number of guanidine groups is 1. The van der Waals surface area contributed by atoms with Crippen molar-refractivity contribution in [2.75, 3.05) is 25.5 Å². The normalized spacial score (nSPS) is 21.8. The van der Waals surface area contributed by atoms with Crippen molar-refractivity contribution in [3.8, 4) is 0 Å². The van der Waals surface area contributed by atoms with E-state index in [0.717, 1.165) is 0 Å². The van der Waals surface area contributed by atoms with Crippen LogP contribution in [0.5, 0.6) is 0 Å². The first-order chi connectivity index (χ1) is 16.1. The van der Waals surface area contributed by atoms with Gasteiger partial charge in [0.05, 0.1) is 37.7 Å². The van der Waals surface area contributed by atoms with Crippen LogP contribution in [-0.2, 0) is 24.0 Å². The molecule has 2 aromatic heterocycles. The molecule has 0 aromatic carbocycles. The van der Waals surface area contributed by atoms with E-state index in [2.05, 4.69) is 19.9 Å². The Kier molecular flexibility index (Phi) is 8.15. The molecule has 0 radical (unpaired) electrons. The summed E-state index contributed by atoms with van der Waals surface area (Å²) < 4.78 is 38.1. The third kappa shape index (κ3) is 6.48. The molecule has 1 aliphatic heterocycles. The number of hydrogen-bond donors (Lipinski definition) is 6. The lowest BCUT2D eigenvalue weighted by atomic mass is 10.0. The summed E-state index contributed by atoms with van der Waals surface area (Å²) >= 11 is 0. The maximum Gasteiger partial charge on any atom is 0.362 e. The molecule has 1 amide bonds. The molecule has 16 nitrogen and oxygen atoms in total. The monoisotopic (exact) mass is 500 g/mol. The summed E-state index contributed by atoms with van der Waals surface area (Å²) in [5.74, 6) is -0.805. The van der Waals surface area contributed by atoms with Gasteiger partial charge in [-0.2, -0.15) is 8.42 Å². The molecule has 0 saturated carbocycles. The first-order valence-electron chi connectivity index (χ1n) is 10.3. The van der Waals surface area contributed by atoms with Crippen LogP contribution in [0.15, 0.2) is 17.6 Å². The Balaban J connectivity index is 1.48. The number of carbonyl (C=O) groups is 1. The number of carbonyl (C=O) groups excluding carboxylic acids is 1. The SMILES string of the molecule is NC(N)=NCCC[C@H](N)C(=O)NS(=O)(=O)OC[C@H]1OC[C@@H](n2cnc3c(N)ncnc32)C[C@@H]1O. The van der Waals surface area contributed by atoms with Crippen LogP contribution in [0.3, 0.4) is 0 Å². The van der Waals surface area contributed by atoms with Crippen LogP contribution < -0.4 is 27.7 Å². The van der Waals surface area contributed by atoms with E-state index in [9.17, 15) is 18.3 Å². The van der Waals surface area contributed by atoms with Crippen molar-refractivity contribution in [2.24, 2.45) is 22.2 Å². The molecule has 3 heterocycles. The molecule has 2 aromatic rings. The Morgan fingerprint density at radius 1 is 1.38 bits per heavy atom. The summed E-state index contributed by atoms with van der Waals surface area (Å²) in [6.07, 6.45) is 1.58. The molecule has 0 unspecified atom stereocenters. The number of fused-ring (bicyclic) bond motifs is 1. The van der Waals surface area contributed by atoms with Crippen molar-refractivity contribution in [3.63, 3.8) is 0 Å². The van der Waals surface area contributed by atoms with E-state index >= 15 is 0 Å². The van der Waals surface area contributed by atoms with Gasteiger partial charge in [0.15, 0.2) is 17.4 Å². The number of aliphatic imine (C=N–C) groups is 1. The van der Waals surface area contributed by atoms with Crippen LogP contribution in [-0.4, -0.2) is 82.9 Å². The number of aliphatic hydroxyl groups is 1. The Morgan fingerprint density at radius 3 is 2.85 bits per heavy atom. The fourth-order valence-electron chi connectivity index (χ4n) is 3.37. The molecule has 0 aliphatic carbocycles. The smallest absolute Gasteiger partial charge is 0.362 e. The van der Waals surface area contributed by atoms with Gasteiger partial charge in [-0.25, -0.2) is 19.7 Å². The van der Waals surface area contributed by atoms with E-state index in [1.807, 2.05) is 0 Å². The second-order valence-corrected chi connectivity index (χ2v) is 9.02. The highest BCUT2D eigenvalue weighted by Gasteiger charge is 2.33. The summed E-state index contributed by atoms with van der Waals surface area (Å²) in [5, 5.41) is 10.5. The molecule has 34 heavy (non-hydrogen) atoms. The van der Waals surface area contributed by atoms with E-state index in [4.69, 9.17) is 31.9 Å². The van der Waals surface area contributed by atoms with Crippen LogP contribution in [0, 0.1) is 0 Å². The van der Waals surface area contributed by atoms with E-state index in [1.165, 1.54) is 12.7 Å². The lowest BCUT2D eigenvalue weighted by Gasteiger charge is -2.33. The van der Waals surface area contributed by atoms with Gasteiger partial charge in [0.2, 0.25) is 0 Å². The first-order valence-corrected chi connectivity index (χ1v) is 11.7. The van der Waals surface area contributed by atoms with Gasteiger partial charge in [-0.05, 0) is 19.3 Å². The zero-order valence-electron chi connectivity index (χ0n) is 18.1. The van der Waals surface area contributed by atoms with Crippen LogP contribution in [0.2, 0.25) is 0 Å². The van der Waals surface area contributed by atoms with E-state index in [1.54, 1.807) is 9.29 Å². The van der Waals surface area contributed by atoms with Gasteiger partial charge in [0.25, 0.3) is 5.91 Å². The predicted octanol–water partition coefficient (Wildman–Crippen LogP) is -3.14. The Bertz CT molecular complexity index is 1140. The highest BCUT2D eigenvalue weighted by Crippen LogP contribution is 2.27. The summed E-state index contributed by atoms with van der Waals surface area (Å²) in [4.78, 5) is 28.0. The maximum absolute atomic E-state index is 12.1. The quantitative estimate of drug-likeness (QED) is 0.107. The number of anilines is 1. The van der Waals surface area contributed by atoms with Gasteiger partial charge in [0, 0.05) is 6.54 Å². The molecule has 188 valence electrons. The van der Waals surface area contributed by atoms with Gasteiger partial charge in [0.1, 0.15) is 17.9 Å². The van der Waals surface area contributed by atoms with Gasteiger partial charge in [-0.1, -0.05) is 0 Å². The molecule has 0 bridgehead atoms. The molecule has 4 atom stereocenters. The fraction of sp³-hybridized carbons (Fsp3) is 0.588. The van der Waals surface area contributed by atoms with Crippen molar-refractivity contribution < 1.29 is 27.2 Å². The van der Waals surface area contributed by atoms with Crippen molar-refractivity contribution in [1.82, 2.24) is 24.2 Å². The molecule has 1 saturated heterocycles. The fourth-order valence-corrected chi connectivity index (χ4v) is 4.14. The Labute approximate surface area is 195 Å². The highest BCUT2D eigenvalue weighted by atomic mass is 32.2. The second-order valence-electron chi connectivity index (χ2n) is 7.67. The van der Waals surface area contributed by atoms with Crippen molar-refractivity contribution in [2.45, 2.75) is 43.6 Å². The van der Waals surface area contributed by atoms with E-state index in [0.29, 0.717) is 17.6 Å². The molecular formula is C17H28N10O6S. The maximum atomic E-state index is 12.1. The van der Waals surface area contributed by atoms with E-state index < -0.39 is 41.1 Å². The summed E-state index contributed by atoms with van der Waals surface area (Å²) in [6, 6.07) is -1.42. The van der Waals surface area contributed by atoms with Crippen LogP contribution in [0.1, 0.15) is 25.3 Å². The third-order valence-electron chi connectivity index (χ3n) is 5.14. The number of imidazole rings is 1. The number of ether oxygens (including phenoxy) is 1. The minimum Gasteiger partial charge on any atom is -0.390 e. The lowest BCUT2D eigenvalue weighted by molar-refractivity contribution is -0.121. The molecule has 3 rings (SSSR count). The molecule has 0 spiro atoms. The zero-order valence-corrected chi connectivity index (χ0v) is 19.0. The number of rotatable bonds is 10. The molecule has 1 aliphatic rings. The largest absolute Gasteiger partial charge is 0.390 e. The van der Waals surface area contributed by atoms with E-state index in [-0.39, 0.29) is 43.8 Å². The van der Waals surface area contributed by atoms with Crippen molar-refractivity contribution >= 4 is 39.2 Å². The number of nitrogens with one attached hydrogen (secondary N) is 1. The number of aliphatic hydroxyl groups excluding tert-OH is 1. The minimum atomic E-state index is -4.47. The highest BCUT2D eigenvalue weighted by molar-refractivity contribution is 7.85. The summed E-state index contributed by atoms with van der Waals surface area (Å²) in [7, 11) is -4.47. The van der Waals surface area contributed by atoms with Crippen LogP contribution in [0.25, 0.3) is 11.2 Å². The molecular weight excluding hydrogens is 472 g/mol.